The SMILES string of the molecule is CCN(CC)c1ccc(C=NNC(=O)c2ccc(NC(=O)c3cccc(Cl)c3)cc2)cc1. The number of benzene rings is 3. The topological polar surface area (TPSA) is 73.8 Å². The van der Waals surface area contributed by atoms with Crippen LogP contribution in [0.1, 0.15) is 40.1 Å². The van der Waals surface area contributed by atoms with Gasteiger partial charge in [-0.25, -0.2) is 5.43 Å². The van der Waals surface area contributed by atoms with Crippen LogP contribution >= 0.6 is 11.6 Å². The minimum atomic E-state index is -0.339. The lowest BCUT2D eigenvalue weighted by Crippen LogP contribution is -2.21. The molecule has 3 aromatic carbocycles. The molecule has 0 radical (unpaired) electrons. The Morgan fingerprint density at radius 2 is 1.59 bits per heavy atom. The highest BCUT2D eigenvalue weighted by molar-refractivity contribution is 6.31. The third-order valence-corrected chi connectivity index (χ3v) is 5.13. The van der Waals surface area contributed by atoms with Crippen molar-refractivity contribution in [2.45, 2.75) is 13.8 Å². The molecule has 0 saturated carbocycles. The maximum absolute atomic E-state index is 12.3. The van der Waals surface area contributed by atoms with Crippen molar-refractivity contribution in [1.82, 2.24) is 5.43 Å². The minimum absolute atomic E-state index is 0.277. The number of amides is 2. The number of rotatable bonds is 8. The molecule has 164 valence electrons. The first-order valence-corrected chi connectivity index (χ1v) is 10.7. The van der Waals surface area contributed by atoms with Crippen LogP contribution in [-0.4, -0.2) is 31.1 Å². The van der Waals surface area contributed by atoms with Crippen molar-refractivity contribution in [1.29, 1.82) is 0 Å². The molecule has 3 aromatic rings. The van der Waals surface area contributed by atoms with Crippen molar-refractivity contribution < 1.29 is 9.59 Å². The van der Waals surface area contributed by atoms with E-state index in [2.05, 4.69) is 34.6 Å². The van der Waals surface area contributed by atoms with E-state index in [1.807, 2.05) is 24.3 Å². The summed E-state index contributed by atoms with van der Waals surface area (Å²) in [5.41, 5.74) is 6.02. The molecule has 0 aliphatic carbocycles. The number of hydrogen-bond donors (Lipinski definition) is 2. The summed E-state index contributed by atoms with van der Waals surface area (Å²) >= 11 is 5.92. The van der Waals surface area contributed by atoms with E-state index < -0.39 is 0 Å². The van der Waals surface area contributed by atoms with Crippen LogP contribution in [-0.2, 0) is 0 Å². The van der Waals surface area contributed by atoms with E-state index in [-0.39, 0.29) is 11.8 Å². The summed E-state index contributed by atoms with van der Waals surface area (Å²) in [4.78, 5) is 26.9. The molecule has 3 rings (SSSR count). The maximum atomic E-state index is 12.3. The Morgan fingerprint density at radius 1 is 0.906 bits per heavy atom. The summed E-state index contributed by atoms with van der Waals surface area (Å²) in [7, 11) is 0. The zero-order chi connectivity index (χ0) is 22.9. The van der Waals surface area contributed by atoms with E-state index in [1.54, 1.807) is 54.7 Å². The quantitative estimate of drug-likeness (QED) is 0.367. The monoisotopic (exact) mass is 448 g/mol. The van der Waals surface area contributed by atoms with Crippen molar-refractivity contribution >= 4 is 41.0 Å². The average Bonchev–Trinajstić information content (AvgIpc) is 2.81. The summed E-state index contributed by atoms with van der Waals surface area (Å²) in [6.45, 7) is 6.13. The molecule has 2 N–H and O–H groups in total. The van der Waals surface area contributed by atoms with Crippen LogP contribution in [0.15, 0.2) is 77.9 Å². The second-order valence-corrected chi connectivity index (χ2v) is 7.44. The molecule has 0 unspecified atom stereocenters. The maximum Gasteiger partial charge on any atom is 0.271 e. The normalized spacial score (nSPS) is 10.7. The molecule has 0 heterocycles. The van der Waals surface area contributed by atoms with Crippen LogP contribution < -0.4 is 15.6 Å². The van der Waals surface area contributed by atoms with Gasteiger partial charge in [0.05, 0.1) is 6.21 Å². The fourth-order valence-electron chi connectivity index (χ4n) is 3.13. The fraction of sp³-hybridized carbons (Fsp3) is 0.160. The van der Waals surface area contributed by atoms with Gasteiger partial charge >= 0.3 is 0 Å². The lowest BCUT2D eigenvalue weighted by atomic mass is 10.1. The fourth-order valence-corrected chi connectivity index (χ4v) is 3.32. The van der Waals surface area contributed by atoms with Crippen LogP contribution in [0.2, 0.25) is 5.02 Å². The molecular weight excluding hydrogens is 424 g/mol. The van der Waals surface area contributed by atoms with Crippen molar-refractivity contribution in [2.75, 3.05) is 23.3 Å². The van der Waals surface area contributed by atoms with Crippen LogP contribution in [0.25, 0.3) is 0 Å². The predicted octanol–water partition coefficient (Wildman–Crippen LogP) is 5.20. The molecule has 0 aromatic heterocycles. The van der Waals surface area contributed by atoms with Gasteiger partial charge in [-0.3, -0.25) is 9.59 Å². The molecule has 0 saturated heterocycles. The molecule has 0 bridgehead atoms. The third kappa shape index (κ3) is 6.18. The Bertz CT molecular complexity index is 1090. The van der Waals surface area contributed by atoms with E-state index in [0.717, 1.165) is 24.3 Å². The van der Waals surface area contributed by atoms with E-state index in [4.69, 9.17) is 11.6 Å². The molecule has 0 fully saturated rings. The van der Waals surface area contributed by atoms with Gasteiger partial charge in [0.15, 0.2) is 0 Å². The molecular formula is C25H25ClN4O2. The first-order chi connectivity index (χ1) is 15.5. The van der Waals surface area contributed by atoms with E-state index in [0.29, 0.717) is 21.8 Å². The molecule has 2 amide bonds. The number of hydrazone groups is 1. The number of nitrogens with one attached hydrogen (secondary N) is 2. The van der Waals surface area contributed by atoms with Gasteiger partial charge < -0.3 is 10.2 Å². The van der Waals surface area contributed by atoms with Gasteiger partial charge in [0.2, 0.25) is 0 Å². The van der Waals surface area contributed by atoms with Crippen LogP contribution in [0.3, 0.4) is 0 Å². The second kappa shape index (κ2) is 11.1. The highest BCUT2D eigenvalue weighted by Gasteiger charge is 2.08. The Kier molecular flexibility index (Phi) is 8.00. The van der Waals surface area contributed by atoms with Crippen molar-refractivity contribution in [3.05, 3.63) is 94.5 Å². The molecule has 6 nitrogen and oxygen atoms in total. The van der Waals surface area contributed by atoms with Crippen molar-refractivity contribution in [2.24, 2.45) is 5.10 Å². The zero-order valence-electron chi connectivity index (χ0n) is 18.0. The van der Waals surface area contributed by atoms with E-state index in [1.165, 1.54) is 0 Å². The Balaban J connectivity index is 1.55. The number of carbonyl (C=O) groups excluding carboxylic acids is 2. The number of hydrogen-bond acceptors (Lipinski definition) is 4. The highest BCUT2D eigenvalue weighted by Crippen LogP contribution is 2.15. The largest absolute Gasteiger partial charge is 0.372 e. The Morgan fingerprint density at radius 3 is 2.22 bits per heavy atom. The Labute approximate surface area is 192 Å². The van der Waals surface area contributed by atoms with Gasteiger partial charge in [-0.05, 0) is 74.0 Å². The van der Waals surface area contributed by atoms with Crippen LogP contribution in [0.5, 0.6) is 0 Å². The summed E-state index contributed by atoms with van der Waals surface area (Å²) in [6, 6.07) is 21.2. The summed E-state index contributed by atoms with van der Waals surface area (Å²) in [5.74, 6) is -0.616. The molecule has 0 spiro atoms. The van der Waals surface area contributed by atoms with Gasteiger partial charge in [0.25, 0.3) is 11.8 Å². The minimum Gasteiger partial charge on any atom is -0.372 e. The van der Waals surface area contributed by atoms with Crippen molar-refractivity contribution in [3.8, 4) is 0 Å². The molecule has 0 aliphatic rings. The lowest BCUT2D eigenvalue weighted by molar-refractivity contribution is 0.0954. The standard InChI is InChI=1S/C25H25ClN4O2/c1-3-30(4-2)23-14-8-18(9-15-23)17-27-29-25(32)19-10-12-22(13-11-19)28-24(31)20-6-5-7-21(26)16-20/h5-17H,3-4H2,1-2H3,(H,28,31)(H,29,32). The summed E-state index contributed by atoms with van der Waals surface area (Å²) in [6.07, 6.45) is 1.60. The summed E-state index contributed by atoms with van der Waals surface area (Å²) in [5, 5.41) is 7.30. The predicted molar refractivity (Wildman–Crippen MR) is 131 cm³/mol. The van der Waals surface area contributed by atoms with Gasteiger partial charge in [-0.2, -0.15) is 5.10 Å². The molecule has 0 atom stereocenters. The molecule has 7 heteroatoms. The number of anilines is 2. The van der Waals surface area contributed by atoms with Gasteiger partial charge in [-0.15, -0.1) is 0 Å². The summed E-state index contributed by atoms with van der Waals surface area (Å²) < 4.78 is 0. The lowest BCUT2D eigenvalue weighted by Gasteiger charge is -2.20. The average molecular weight is 449 g/mol. The van der Waals surface area contributed by atoms with Crippen LogP contribution in [0, 0.1) is 0 Å². The number of halogens is 1. The third-order valence-electron chi connectivity index (χ3n) is 4.89. The van der Waals surface area contributed by atoms with Crippen LogP contribution in [0.4, 0.5) is 11.4 Å². The first kappa shape index (κ1) is 23.0. The number of carbonyl (C=O) groups is 2. The Hall–Kier alpha value is -3.64. The first-order valence-electron chi connectivity index (χ1n) is 10.4. The van der Waals surface area contributed by atoms with Gasteiger partial charge in [0.1, 0.15) is 0 Å². The van der Waals surface area contributed by atoms with Gasteiger partial charge in [0, 0.05) is 40.6 Å². The zero-order valence-corrected chi connectivity index (χ0v) is 18.8. The highest BCUT2D eigenvalue weighted by atomic mass is 35.5. The van der Waals surface area contributed by atoms with E-state index >= 15 is 0 Å². The number of nitrogens with zero attached hydrogens (tertiary/aromatic N) is 2. The van der Waals surface area contributed by atoms with Crippen molar-refractivity contribution in [3.63, 3.8) is 0 Å². The molecule has 32 heavy (non-hydrogen) atoms. The second-order valence-electron chi connectivity index (χ2n) is 7.00. The molecule has 0 aliphatic heterocycles. The van der Waals surface area contributed by atoms with Gasteiger partial charge in [-0.1, -0.05) is 29.8 Å². The smallest absolute Gasteiger partial charge is 0.271 e. The van der Waals surface area contributed by atoms with E-state index in [9.17, 15) is 9.59 Å².